The van der Waals surface area contributed by atoms with Crippen molar-refractivity contribution in [2.75, 3.05) is 13.2 Å². The lowest BCUT2D eigenvalue weighted by Gasteiger charge is -2.08. The fourth-order valence-electron chi connectivity index (χ4n) is 2.18. The number of benzene rings is 1. The Morgan fingerprint density at radius 2 is 1.79 bits per heavy atom. The molecule has 0 radical (unpaired) electrons. The molecule has 0 bridgehead atoms. The van der Waals surface area contributed by atoms with Crippen LogP contribution in [0.25, 0.3) is 0 Å². The third-order valence-corrected chi connectivity index (χ3v) is 4.35. The van der Waals surface area contributed by atoms with Crippen molar-refractivity contribution >= 4 is 17.7 Å². The molecule has 0 saturated carbocycles. The number of esters is 1. The molecule has 0 atom stereocenters. The number of hydrogen-bond donors (Lipinski definition) is 0. The van der Waals surface area contributed by atoms with Gasteiger partial charge < -0.3 is 18.6 Å². The number of rotatable bonds is 9. The summed E-state index contributed by atoms with van der Waals surface area (Å²) in [5.74, 6) is 1.05. The summed E-state index contributed by atoms with van der Waals surface area (Å²) in [5, 5.41) is 0.567. The average molecular weight is 414 g/mol. The Balaban J connectivity index is 1.50. The van der Waals surface area contributed by atoms with Gasteiger partial charge in [0.15, 0.2) is 11.8 Å². The molecule has 1 aromatic carbocycles. The van der Waals surface area contributed by atoms with Crippen LogP contribution in [0.1, 0.15) is 12.7 Å². The molecule has 0 N–H and O–H groups in total. The number of hydrogen-bond acceptors (Lipinski definition) is 9. The van der Waals surface area contributed by atoms with Gasteiger partial charge in [0.05, 0.1) is 12.4 Å². The minimum Gasteiger partial charge on any atom is -0.494 e. The first-order valence-corrected chi connectivity index (χ1v) is 9.70. The van der Waals surface area contributed by atoms with Gasteiger partial charge in [-0.3, -0.25) is 4.79 Å². The maximum absolute atomic E-state index is 12.1. The smallest absolute Gasteiger partial charge is 0.349 e. The largest absolute Gasteiger partial charge is 0.494 e. The van der Waals surface area contributed by atoms with Crippen molar-refractivity contribution in [2.45, 2.75) is 17.8 Å². The highest BCUT2D eigenvalue weighted by atomic mass is 32.2. The summed E-state index contributed by atoms with van der Waals surface area (Å²) in [7, 11) is 0. The van der Waals surface area contributed by atoms with Crippen LogP contribution in [0.5, 0.6) is 17.2 Å². The molecule has 3 aromatic rings. The molecule has 0 aliphatic rings. The van der Waals surface area contributed by atoms with Crippen molar-refractivity contribution in [3.8, 4) is 17.2 Å². The van der Waals surface area contributed by atoms with Crippen LogP contribution >= 0.6 is 11.8 Å². The lowest BCUT2D eigenvalue weighted by molar-refractivity contribution is -0.136. The van der Waals surface area contributed by atoms with Gasteiger partial charge in [0.1, 0.15) is 23.5 Å². The highest BCUT2D eigenvalue weighted by Crippen LogP contribution is 2.19. The first-order chi connectivity index (χ1) is 14.1. The van der Waals surface area contributed by atoms with Crippen LogP contribution in [0.3, 0.4) is 0 Å². The van der Waals surface area contributed by atoms with Crippen molar-refractivity contribution < 1.29 is 23.4 Å². The van der Waals surface area contributed by atoms with E-state index in [0.717, 1.165) is 6.26 Å². The summed E-state index contributed by atoms with van der Waals surface area (Å²) in [6, 6.07) is 9.80. The molecule has 0 aliphatic heterocycles. The Labute approximate surface area is 170 Å². The molecular formula is C20H18N2O6S. The van der Waals surface area contributed by atoms with E-state index in [-0.39, 0.29) is 12.4 Å². The van der Waals surface area contributed by atoms with Crippen molar-refractivity contribution in [3.05, 3.63) is 71.0 Å². The predicted molar refractivity (Wildman–Crippen MR) is 105 cm³/mol. The standard InChI is InChI=1S/C20H18N2O6S/c1-2-25-14-4-6-15(7-5-14)27-12-19(24)28-18-11-26-16(10-17(18)23)13-29-20-21-8-3-9-22-20/h3-11H,2,12-13H2,1H3. The fourth-order valence-corrected chi connectivity index (χ4v) is 2.87. The van der Waals surface area contributed by atoms with E-state index in [1.54, 1.807) is 42.7 Å². The molecule has 0 aliphatic carbocycles. The molecule has 2 aromatic heterocycles. The minimum atomic E-state index is -0.717. The highest BCUT2D eigenvalue weighted by molar-refractivity contribution is 7.98. The lowest BCUT2D eigenvalue weighted by atomic mass is 10.3. The number of carbonyl (C=O) groups is 1. The molecule has 0 spiro atoms. The van der Waals surface area contributed by atoms with Crippen LogP contribution in [-0.4, -0.2) is 29.2 Å². The summed E-state index contributed by atoms with van der Waals surface area (Å²) >= 11 is 1.32. The molecule has 2 heterocycles. The number of nitrogens with zero attached hydrogens (tertiary/aromatic N) is 2. The van der Waals surface area contributed by atoms with Crippen LogP contribution < -0.4 is 19.6 Å². The van der Waals surface area contributed by atoms with Crippen LogP contribution in [0, 0.1) is 0 Å². The van der Waals surface area contributed by atoms with Gasteiger partial charge in [-0.05, 0) is 37.3 Å². The third-order valence-electron chi connectivity index (χ3n) is 3.45. The van der Waals surface area contributed by atoms with Gasteiger partial charge in [0.25, 0.3) is 0 Å². The number of ether oxygens (including phenoxy) is 3. The first-order valence-electron chi connectivity index (χ1n) is 8.72. The van der Waals surface area contributed by atoms with E-state index in [1.165, 1.54) is 17.8 Å². The van der Waals surface area contributed by atoms with Gasteiger partial charge in [0.2, 0.25) is 11.2 Å². The van der Waals surface area contributed by atoms with E-state index in [4.69, 9.17) is 18.6 Å². The Morgan fingerprint density at radius 3 is 2.45 bits per heavy atom. The minimum absolute atomic E-state index is 0.199. The molecular weight excluding hydrogens is 396 g/mol. The second kappa shape index (κ2) is 10.3. The fraction of sp³-hybridized carbons (Fsp3) is 0.200. The Bertz CT molecular complexity index is 992. The molecule has 0 saturated heterocycles. The van der Waals surface area contributed by atoms with Gasteiger partial charge >= 0.3 is 5.97 Å². The topological polar surface area (TPSA) is 101 Å². The SMILES string of the molecule is CCOc1ccc(OCC(=O)Oc2coc(CSc3ncccn3)cc2=O)cc1. The summed E-state index contributed by atoms with van der Waals surface area (Å²) in [6.45, 7) is 2.10. The van der Waals surface area contributed by atoms with E-state index >= 15 is 0 Å². The van der Waals surface area contributed by atoms with Crippen LogP contribution in [0.4, 0.5) is 0 Å². The van der Waals surface area contributed by atoms with E-state index in [2.05, 4.69) is 9.97 Å². The Kier molecular flexibility index (Phi) is 7.23. The summed E-state index contributed by atoms with van der Waals surface area (Å²) in [4.78, 5) is 32.2. The predicted octanol–water partition coefficient (Wildman–Crippen LogP) is 3.11. The molecule has 0 amide bonds. The van der Waals surface area contributed by atoms with E-state index < -0.39 is 11.4 Å². The molecule has 29 heavy (non-hydrogen) atoms. The van der Waals surface area contributed by atoms with Gasteiger partial charge in [-0.15, -0.1) is 0 Å². The maximum Gasteiger partial charge on any atom is 0.349 e. The molecule has 0 unspecified atom stereocenters. The van der Waals surface area contributed by atoms with Gasteiger partial charge in [-0.25, -0.2) is 14.8 Å². The number of carbonyl (C=O) groups excluding carboxylic acids is 1. The Hall–Kier alpha value is -3.33. The quantitative estimate of drug-likeness (QED) is 0.297. The third kappa shape index (κ3) is 6.35. The van der Waals surface area contributed by atoms with Gasteiger partial charge in [0, 0.05) is 18.5 Å². The summed E-state index contributed by atoms with van der Waals surface area (Å²) in [6.07, 6.45) is 4.37. The normalized spacial score (nSPS) is 10.4. The van der Waals surface area contributed by atoms with Crippen LogP contribution in [-0.2, 0) is 10.5 Å². The van der Waals surface area contributed by atoms with E-state index in [9.17, 15) is 9.59 Å². The zero-order valence-corrected chi connectivity index (χ0v) is 16.4. The monoisotopic (exact) mass is 414 g/mol. The second-order valence-corrected chi connectivity index (χ2v) is 6.50. The first kappa shape index (κ1) is 20.4. The van der Waals surface area contributed by atoms with E-state index in [1.807, 2.05) is 6.92 Å². The maximum atomic E-state index is 12.1. The molecule has 150 valence electrons. The van der Waals surface area contributed by atoms with Crippen molar-refractivity contribution in [1.82, 2.24) is 9.97 Å². The van der Waals surface area contributed by atoms with Crippen molar-refractivity contribution in [2.24, 2.45) is 0 Å². The van der Waals surface area contributed by atoms with Crippen LogP contribution in [0.2, 0.25) is 0 Å². The van der Waals surface area contributed by atoms with Gasteiger partial charge in [-0.2, -0.15) is 0 Å². The number of aromatic nitrogens is 2. The molecule has 0 fully saturated rings. The van der Waals surface area contributed by atoms with Crippen molar-refractivity contribution in [3.63, 3.8) is 0 Å². The molecule has 8 nitrogen and oxygen atoms in total. The Morgan fingerprint density at radius 1 is 1.10 bits per heavy atom. The van der Waals surface area contributed by atoms with Crippen molar-refractivity contribution in [1.29, 1.82) is 0 Å². The molecule has 3 rings (SSSR count). The van der Waals surface area contributed by atoms with Crippen LogP contribution in [0.15, 0.2) is 69.4 Å². The lowest BCUT2D eigenvalue weighted by Crippen LogP contribution is -2.20. The second-order valence-electron chi connectivity index (χ2n) is 5.56. The zero-order valence-electron chi connectivity index (χ0n) is 15.6. The zero-order chi connectivity index (χ0) is 20.5. The van der Waals surface area contributed by atoms with E-state index in [0.29, 0.717) is 34.8 Å². The van der Waals surface area contributed by atoms with Gasteiger partial charge in [-0.1, -0.05) is 11.8 Å². The summed E-state index contributed by atoms with van der Waals surface area (Å²) < 4.78 is 21.0. The highest BCUT2D eigenvalue weighted by Gasteiger charge is 2.12. The molecule has 9 heteroatoms. The average Bonchev–Trinajstić information content (AvgIpc) is 2.74. The number of thioether (sulfide) groups is 1. The summed E-state index contributed by atoms with van der Waals surface area (Å²) in [5.41, 5.74) is -0.463.